The van der Waals surface area contributed by atoms with Crippen LogP contribution in [0.4, 0.5) is 0 Å². The van der Waals surface area contributed by atoms with Crippen molar-refractivity contribution in [1.82, 2.24) is 0 Å². The van der Waals surface area contributed by atoms with Crippen LogP contribution in [-0.2, 0) is 25.7 Å². The van der Waals surface area contributed by atoms with Crippen LogP contribution in [0.2, 0.25) is 0 Å². The third-order valence-corrected chi connectivity index (χ3v) is 5.18. The second-order valence-electron chi connectivity index (χ2n) is 6.61. The van der Waals surface area contributed by atoms with Gasteiger partial charge in [-0.15, -0.1) is 0 Å². The molecular formula is C25H28. The Morgan fingerprint density at radius 2 is 1.08 bits per heavy atom. The van der Waals surface area contributed by atoms with Crippen molar-refractivity contribution in [2.45, 2.75) is 46.5 Å². The van der Waals surface area contributed by atoms with Crippen molar-refractivity contribution >= 4 is 0 Å². The highest BCUT2D eigenvalue weighted by atomic mass is 14.2. The zero-order valence-corrected chi connectivity index (χ0v) is 15.7. The zero-order chi connectivity index (χ0) is 17.6. The van der Waals surface area contributed by atoms with Crippen LogP contribution in [0.25, 0.3) is 11.1 Å². The molecule has 0 aliphatic rings. The molecule has 0 aliphatic heterocycles. The van der Waals surface area contributed by atoms with Gasteiger partial charge in [0.25, 0.3) is 0 Å². The Labute approximate surface area is 152 Å². The molecule has 3 rings (SSSR count). The third-order valence-electron chi connectivity index (χ3n) is 5.18. The summed E-state index contributed by atoms with van der Waals surface area (Å²) in [5.41, 5.74) is 10.2. The largest absolute Gasteiger partial charge is 0.0622 e. The Morgan fingerprint density at radius 3 is 1.64 bits per heavy atom. The van der Waals surface area contributed by atoms with E-state index in [1.165, 1.54) is 38.9 Å². The van der Waals surface area contributed by atoms with Crippen molar-refractivity contribution < 1.29 is 0 Å². The lowest BCUT2D eigenvalue weighted by Gasteiger charge is -2.19. The SMILES string of the molecule is CCc1cccc(-c2cccc(CC)c2Cc2ccccc2)c1CC. The first-order chi connectivity index (χ1) is 12.3. The van der Waals surface area contributed by atoms with E-state index < -0.39 is 0 Å². The molecule has 0 N–H and O–H groups in total. The second-order valence-corrected chi connectivity index (χ2v) is 6.61. The molecule has 0 saturated carbocycles. The number of rotatable bonds is 6. The Hall–Kier alpha value is -2.34. The van der Waals surface area contributed by atoms with Gasteiger partial charge in [0.15, 0.2) is 0 Å². The predicted octanol–water partition coefficient (Wildman–Crippen LogP) is 6.63. The van der Waals surface area contributed by atoms with Crippen LogP contribution in [0, 0.1) is 0 Å². The summed E-state index contributed by atoms with van der Waals surface area (Å²) in [6.45, 7) is 6.79. The van der Waals surface area contributed by atoms with Gasteiger partial charge in [0.1, 0.15) is 0 Å². The van der Waals surface area contributed by atoms with E-state index >= 15 is 0 Å². The van der Waals surface area contributed by atoms with E-state index in [0.717, 1.165) is 25.7 Å². The van der Waals surface area contributed by atoms with Crippen molar-refractivity contribution in [3.05, 3.63) is 94.5 Å². The van der Waals surface area contributed by atoms with Gasteiger partial charge in [0, 0.05) is 0 Å². The van der Waals surface area contributed by atoms with Gasteiger partial charge >= 0.3 is 0 Å². The fourth-order valence-electron chi connectivity index (χ4n) is 3.86. The quantitative estimate of drug-likeness (QED) is 0.476. The van der Waals surface area contributed by atoms with Gasteiger partial charge in [-0.2, -0.15) is 0 Å². The first-order valence-electron chi connectivity index (χ1n) is 9.54. The highest BCUT2D eigenvalue weighted by Gasteiger charge is 2.14. The lowest BCUT2D eigenvalue weighted by atomic mass is 9.86. The van der Waals surface area contributed by atoms with E-state index in [4.69, 9.17) is 0 Å². The molecule has 0 amide bonds. The van der Waals surface area contributed by atoms with Gasteiger partial charge in [-0.1, -0.05) is 87.5 Å². The number of aryl methyl sites for hydroxylation is 2. The molecule has 0 fully saturated rings. The molecule has 3 aromatic rings. The average molecular weight is 328 g/mol. The summed E-state index contributed by atoms with van der Waals surface area (Å²) in [5.74, 6) is 0. The summed E-state index contributed by atoms with van der Waals surface area (Å²) in [5, 5.41) is 0. The molecule has 0 aliphatic carbocycles. The lowest BCUT2D eigenvalue weighted by Crippen LogP contribution is -2.01. The standard InChI is InChI=1S/C25H28/c1-4-20-14-10-16-23(22(20)6-3)24-17-11-15-21(5-2)25(24)18-19-12-8-7-9-13-19/h7-17H,4-6,18H2,1-3H3. The summed E-state index contributed by atoms with van der Waals surface area (Å²) in [6.07, 6.45) is 4.25. The molecule has 0 nitrogen and oxygen atoms in total. The minimum atomic E-state index is 1.000. The summed E-state index contributed by atoms with van der Waals surface area (Å²) in [4.78, 5) is 0. The van der Waals surface area contributed by atoms with Crippen LogP contribution in [0.1, 0.15) is 48.6 Å². The lowest BCUT2D eigenvalue weighted by molar-refractivity contribution is 1.03. The summed E-state index contributed by atoms with van der Waals surface area (Å²) in [7, 11) is 0. The Morgan fingerprint density at radius 1 is 0.520 bits per heavy atom. The summed E-state index contributed by atoms with van der Waals surface area (Å²) >= 11 is 0. The van der Waals surface area contributed by atoms with Gasteiger partial charge in [-0.3, -0.25) is 0 Å². The van der Waals surface area contributed by atoms with Crippen LogP contribution in [0.5, 0.6) is 0 Å². The van der Waals surface area contributed by atoms with E-state index in [-0.39, 0.29) is 0 Å². The minimum absolute atomic E-state index is 1.000. The maximum Gasteiger partial charge on any atom is -0.00169 e. The van der Waals surface area contributed by atoms with Crippen LogP contribution in [0.3, 0.4) is 0 Å². The van der Waals surface area contributed by atoms with E-state index in [1.807, 2.05) is 0 Å². The van der Waals surface area contributed by atoms with Crippen LogP contribution in [-0.4, -0.2) is 0 Å². The van der Waals surface area contributed by atoms with Crippen molar-refractivity contribution in [1.29, 1.82) is 0 Å². The van der Waals surface area contributed by atoms with E-state index in [2.05, 4.69) is 87.5 Å². The second kappa shape index (κ2) is 8.16. The molecule has 0 radical (unpaired) electrons. The molecule has 25 heavy (non-hydrogen) atoms. The molecule has 0 spiro atoms. The highest BCUT2D eigenvalue weighted by molar-refractivity contribution is 5.73. The maximum absolute atomic E-state index is 2.31. The Kier molecular flexibility index (Phi) is 5.71. The molecule has 0 atom stereocenters. The van der Waals surface area contributed by atoms with Gasteiger partial charge in [0.05, 0.1) is 0 Å². The molecule has 0 bridgehead atoms. The van der Waals surface area contributed by atoms with Crippen LogP contribution >= 0.6 is 0 Å². The Bertz CT molecular complexity index is 828. The molecule has 128 valence electrons. The van der Waals surface area contributed by atoms with E-state index in [0.29, 0.717) is 0 Å². The monoisotopic (exact) mass is 328 g/mol. The normalized spacial score (nSPS) is 10.8. The highest BCUT2D eigenvalue weighted by Crippen LogP contribution is 2.33. The summed E-state index contributed by atoms with van der Waals surface area (Å²) in [6, 6.07) is 24.5. The molecular weight excluding hydrogens is 300 g/mol. The van der Waals surface area contributed by atoms with Gasteiger partial charge in [-0.25, -0.2) is 0 Å². The molecule has 0 saturated heterocycles. The maximum atomic E-state index is 2.31. The van der Waals surface area contributed by atoms with Gasteiger partial charge in [0.2, 0.25) is 0 Å². The number of hydrogen-bond donors (Lipinski definition) is 0. The summed E-state index contributed by atoms with van der Waals surface area (Å²) < 4.78 is 0. The van der Waals surface area contributed by atoms with Gasteiger partial charge in [-0.05, 0) is 64.6 Å². The van der Waals surface area contributed by atoms with Crippen LogP contribution < -0.4 is 0 Å². The van der Waals surface area contributed by atoms with Gasteiger partial charge < -0.3 is 0 Å². The molecule has 0 aromatic heterocycles. The first kappa shape index (κ1) is 17.5. The molecule has 0 heteroatoms. The smallest absolute Gasteiger partial charge is 0.00169 e. The van der Waals surface area contributed by atoms with Crippen molar-refractivity contribution in [3.8, 4) is 11.1 Å². The third kappa shape index (κ3) is 3.69. The van der Waals surface area contributed by atoms with E-state index in [1.54, 1.807) is 0 Å². The fraction of sp³-hybridized carbons (Fsp3) is 0.280. The number of benzene rings is 3. The van der Waals surface area contributed by atoms with Crippen molar-refractivity contribution in [3.63, 3.8) is 0 Å². The molecule has 0 heterocycles. The molecule has 0 unspecified atom stereocenters. The van der Waals surface area contributed by atoms with Crippen molar-refractivity contribution in [2.24, 2.45) is 0 Å². The zero-order valence-electron chi connectivity index (χ0n) is 15.7. The van der Waals surface area contributed by atoms with Crippen LogP contribution in [0.15, 0.2) is 66.7 Å². The van der Waals surface area contributed by atoms with Crippen molar-refractivity contribution in [2.75, 3.05) is 0 Å². The Balaban J connectivity index is 2.17. The molecule has 3 aromatic carbocycles. The van der Waals surface area contributed by atoms with E-state index in [9.17, 15) is 0 Å². The first-order valence-corrected chi connectivity index (χ1v) is 9.54. The predicted molar refractivity (Wildman–Crippen MR) is 109 cm³/mol. The number of hydrogen-bond acceptors (Lipinski definition) is 0. The topological polar surface area (TPSA) is 0 Å². The average Bonchev–Trinajstić information content (AvgIpc) is 2.68. The minimum Gasteiger partial charge on any atom is -0.0622 e. The fourth-order valence-corrected chi connectivity index (χ4v) is 3.86.